The smallest absolute Gasteiger partial charge is 0.260 e. The number of H-pyrrole nitrogens is 1. The van der Waals surface area contributed by atoms with E-state index in [0.29, 0.717) is 26.3 Å². The van der Waals surface area contributed by atoms with Gasteiger partial charge in [0.05, 0.1) is 16.7 Å². The number of thiophene rings is 2. The van der Waals surface area contributed by atoms with E-state index < -0.39 is 5.91 Å². The first kappa shape index (κ1) is 21.5. The van der Waals surface area contributed by atoms with Crippen LogP contribution in [0.2, 0.25) is 0 Å². The normalized spacial score (nSPS) is 12.2. The van der Waals surface area contributed by atoms with E-state index in [0.717, 1.165) is 35.0 Å². The Labute approximate surface area is 180 Å². The van der Waals surface area contributed by atoms with Crippen molar-refractivity contribution in [1.29, 1.82) is 0 Å². The van der Waals surface area contributed by atoms with E-state index >= 15 is 0 Å². The number of thioether (sulfide) groups is 1. The summed E-state index contributed by atoms with van der Waals surface area (Å²) in [7, 11) is 0. The van der Waals surface area contributed by atoms with Gasteiger partial charge in [-0.3, -0.25) is 14.4 Å². The SMILES string of the molecule is CC[C@H](C)Cc1c(C)sc2nc(SCC(=O)Nc3sccc3C(N)=O)[nH]c(=O)c12. The van der Waals surface area contributed by atoms with E-state index in [1.165, 1.54) is 22.7 Å². The number of aryl methyl sites for hydroxylation is 1. The quantitative estimate of drug-likeness (QED) is 0.357. The van der Waals surface area contributed by atoms with Crippen LogP contribution in [0.4, 0.5) is 5.00 Å². The largest absolute Gasteiger partial charge is 0.366 e. The van der Waals surface area contributed by atoms with Gasteiger partial charge in [-0.1, -0.05) is 32.0 Å². The Morgan fingerprint density at radius 2 is 2.17 bits per heavy atom. The molecule has 3 aromatic rings. The Morgan fingerprint density at radius 1 is 1.41 bits per heavy atom. The average Bonchev–Trinajstić information content (AvgIpc) is 3.24. The second-order valence-corrected chi connectivity index (χ2v) is 9.85. The molecule has 3 aromatic heterocycles. The number of amides is 2. The number of fused-ring (bicyclic) bond motifs is 1. The zero-order valence-electron chi connectivity index (χ0n) is 16.3. The van der Waals surface area contributed by atoms with Gasteiger partial charge in [-0.25, -0.2) is 4.98 Å². The third kappa shape index (κ3) is 4.88. The van der Waals surface area contributed by atoms with Crippen LogP contribution in [0.25, 0.3) is 10.2 Å². The minimum absolute atomic E-state index is 0.0502. The highest BCUT2D eigenvalue weighted by molar-refractivity contribution is 7.99. The van der Waals surface area contributed by atoms with Gasteiger partial charge in [-0.05, 0) is 36.3 Å². The lowest BCUT2D eigenvalue weighted by atomic mass is 9.98. The number of aromatic nitrogens is 2. The summed E-state index contributed by atoms with van der Waals surface area (Å²) in [6.45, 7) is 6.32. The lowest BCUT2D eigenvalue weighted by Gasteiger charge is -2.08. The van der Waals surface area contributed by atoms with Gasteiger partial charge in [-0.15, -0.1) is 22.7 Å². The summed E-state index contributed by atoms with van der Waals surface area (Å²) in [6, 6.07) is 1.57. The van der Waals surface area contributed by atoms with Gasteiger partial charge < -0.3 is 16.0 Å². The fourth-order valence-corrected chi connectivity index (χ4v) is 5.44. The molecule has 0 saturated carbocycles. The molecule has 10 heteroatoms. The number of nitrogens with zero attached hydrogens (tertiary/aromatic N) is 1. The Morgan fingerprint density at radius 3 is 2.86 bits per heavy atom. The summed E-state index contributed by atoms with van der Waals surface area (Å²) < 4.78 is 0. The molecule has 0 aromatic carbocycles. The second-order valence-electron chi connectivity index (χ2n) is 6.77. The molecule has 4 N–H and O–H groups in total. The van der Waals surface area contributed by atoms with Crippen LogP contribution in [-0.2, 0) is 11.2 Å². The summed E-state index contributed by atoms with van der Waals surface area (Å²) in [5, 5.41) is 5.84. The topological polar surface area (TPSA) is 118 Å². The molecule has 2 amide bonds. The molecule has 0 radical (unpaired) electrons. The van der Waals surface area contributed by atoms with E-state index in [9.17, 15) is 14.4 Å². The average molecular weight is 451 g/mol. The van der Waals surface area contributed by atoms with Crippen LogP contribution in [0.3, 0.4) is 0 Å². The number of carbonyl (C=O) groups excluding carboxylic acids is 2. The van der Waals surface area contributed by atoms with Gasteiger partial charge in [0.1, 0.15) is 9.83 Å². The minimum atomic E-state index is -0.591. The van der Waals surface area contributed by atoms with Gasteiger partial charge in [0.15, 0.2) is 5.16 Å². The van der Waals surface area contributed by atoms with Crippen molar-refractivity contribution >= 4 is 61.5 Å². The number of nitrogens with one attached hydrogen (secondary N) is 2. The molecule has 0 aliphatic heterocycles. The molecule has 0 aliphatic rings. The molecule has 29 heavy (non-hydrogen) atoms. The van der Waals surface area contributed by atoms with Crippen molar-refractivity contribution in [3.8, 4) is 0 Å². The number of carbonyl (C=O) groups is 2. The second kappa shape index (κ2) is 9.10. The molecular formula is C19H22N4O3S3. The molecule has 0 saturated heterocycles. The summed E-state index contributed by atoms with van der Waals surface area (Å²) in [5.74, 6) is -0.352. The lowest BCUT2D eigenvalue weighted by Crippen LogP contribution is -2.18. The monoisotopic (exact) mass is 450 g/mol. The van der Waals surface area contributed by atoms with Crippen LogP contribution in [0, 0.1) is 12.8 Å². The Kier molecular flexibility index (Phi) is 6.76. The fraction of sp³-hybridized carbons (Fsp3) is 0.368. The van der Waals surface area contributed by atoms with Gasteiger partial charge in [0.25, 0.3) is 11.5 Å². The highest BCUT2D eigenvalue weighted by Gasteiger charge is 2.18. The number of anilines is 1. The number of rotatable bonds is 8. The Hall–Kier alpha value is -2.17. The lowest BCUT2D eigenvalue weighted by molar-refractivity contribution is -0.113. The van der Waals surface area contributed by atoms with Crippen molar-refractivity contribution in [1.82, 2.24) is 9.97 Å². The summed E-state index contributed by atoms with van der Waals surface area (Å²) >= 11 is 3.88. The molecule has 0 bridgehead atoms. The maximum Gasteiger partial charge on any atom is 0.260 e. The number of primary amides is 1. The molecule has 0 spiro atoms. The van der Waals surface area contributed by atoms with Crippen molar-refractivity contribution in [2.75, 3.05) is 11.1 Å². The predicted octanol–water partition coefficient (Wildman–Crippen LogP) is 3.77. The van der Waals surface area contributed by atoms with Crippen molar-refractivity contribution in [2.45, 2.75) is 38.8 Å². The van der Waals surface area contributed by atoms with Crippen molar-refractivity contribution < 1.29 is 9.59 Å². The summed E-state index contributed by atoms with van der Waals surface area (Å²) in [6.07, 6.45) is 1.90. The molecule has 0 unspecified atom stereocenters. The van der Waals surface area contributed by atoms with Crippen LogP contribution in [-0.4, -0.2) is 27.5 Å². The minimum Gasteiger partial charge on any atom is -0.366 e. The number of nitrogens with two attached hydrogens (primary N) is 1. The maximum absolute atomic E-state index is 12.7. The van der Waals surface area contributed by atoms with Gasteiger partial charge in [0.2, 0.25) is 5.91 Å². The highest BCUT2D eigenvalue weighted by atomic mass is 32.2. The van der Waals surface area contributed by atoms with Crippen LogP contribution >= 0.6 is 34.4 Å². The molecule has 0 aliphatic carbocycles. The zero-order chi connectivity index (χ0) is 21.1. The van der Waals surface area contributed by atoms with E-state index in [1.54, 1.807) is 11.4 Å². The molecule has 3 heterocycles. The third-order valence-electron chi connectivity index (χ3n) is 4.61. The van der Waals surface area contributed by atoms with E-state index in [1.807, 2.05) is 6.92 Å². The maximum atomic E-state index is 12.7. The molecule has 3 rings (SSSR count). The van der Waals surface area contributed by atoms with Crippen molar-refractivity contribution in [2.24, 2.45) is 11.7 Å². The molecule has 7 nitrogen and oxygen atoms in total. The first-order valence-corrected chi connectivity index (χ1v) is 11.8. The van der Waals surface area contributed by atoms with E-state index in [2.05, 4.69) is 29.1 Å². The van der Waals surface area contributed by atoms with Gasteiger partial charge in [-0.2, -0.15) is 0 Å². The molecule has 0 fully saturated rings. The van der Waals surface area contributed by atoms with Crippen LogP contribution in [0.1, 0.15) is 41.1 Å². The Bertz CT molecular complexity index is 1120. The molecular weight excluding hydrogens is 428 g/mol. The van der Waals surface area contributed by atoms with E-state index in [-0.39, 0.29) is 22.8 Å². The van der Waals surface area contributed by atoms with E-state index in [4.69, 9.17) is 5.73 Å². The van der Waals surface area contributed by atoms with Crippen LogP contribution in [0.5, 0.6) is 0 Å². The molecule has 1 atom stereocenters. The fourth-order valence-electron chi connectivity index (χ4n) is 2.86. The first-order valence-electron chi connectivity index (χ1n) is 9.12. The Balaban J connectivity index is 1.74. The zero-order valence-corrected chi connectivity index (χ0v) is 18.8. The first-order chi connectivity index (χ1) is 13.8. The molecule has 154 valence electrons. The number of hydrogen-bond acceptors (Lipinski definition) is 7. The number of hydrogen-bond donors (Lipinski definition) is 3. The van der Waals surface area contributed by atoms with Gasteiger partial charge >= 0.3 is 0 Å². The predicted molar refractivity (Wildman–Crippen MR) is 120 cm³/mol. The van der Waals surface area contributed by atoms with Crippen molar-refractivity contribution in [3.63, 3.8) is 0 Å². The van der Waals surface area contributed by atoms with Crippen LogP contribution in [0.15, 0.2) is 21.4 Å². The number of aromatic amines is 1. The van der Waals surface area contributed by atoms with Crippen LogP contribution < -0.4 is 16.6 Å². The standard InChI is InChI=1S/C19H22N4O3S3/c1-4-9(2)7-12-10(3)29-18-14(12)16(26)22-19(23-18)28-8-13(24)21-17-11(15(20)25)5-6-27-17/h5-6,9H,4,7-8H2,1-3H3,(H2,20,25)(H,21,24)(H,22,23,26)/t9-/m0/s1. The van der Waals surface area contributed by atoms with Gasteiger partial charge in [0, 0.05) is 4.88 Å². The van der Waals surface area contributed by atoms with Crippen molar-refractivity contribution in [3.05, 3.63) is 37.8 Å². The third-order valence-corrected chi connectivity index (χ3v) is 7.36. The summed E-state index contributed by atoms with van der Waals surface area (Å²) in [4.78, 5) is 45.4. The highest BCUT2D eigenvalue weighted by Crippen LogP contribution is 2.30. The summed E-state index contributed by atoms with van der Waals surface area (Å²) in [5.41, 5.74) is 6.46.